The summed E-state index contributed by atoms with van der Waals surface area (Å²) in [6.07, 6.45) is 0.734. The van der Waals surface area contributed by atoms with E-state index in [0.717, 1.165) is 24.0 Å². The van der Waals surface area contributed by atoms with Crippen LogP contribution in [0.2, 0.25) is 5.02 Å². The summed E-state index contributed by atoms with van der Waals surface area (Å²) < 4.78 is 0. The van der Waals surface area contributed by atoms with Gasteiger partial charge in [0, 0.05) is 31.2 Å². The lowest BCUT2D eigenvalue weighted by Gasteiger charge is -2.33. The summed E-state index contributed by atoms with van der Waals surface area (Å²) in [5, 5.41) is 17.3. The number of likely N-dealkylation sites (N-methyl/N-ethyl adjacent to an activating group) is 1. The number of fused-ring (bicyclic) bond motifs is 1. The molecule has 1 aliphatic rings. The van der Waals surface area contributed by atoms with Crippen molar-refractivity contribution < 1.29 is 9.90 Å². The Bertz CT molecular complexity index is 1070. The van der Waals surface area contributed by atoms with Gasteiger partial charge in [0.05, 0.1) is 6.04 Å². The smallest absolute Gasteiger partial charge is 0.240 e. The Hall–Kier alpha value is -2.44. The molecule has 1 heterocycles. The van der Waals surface area contributed by atoms with Gasteiger partial charge in [-0.3, -0.25) is 15.0 Å². The van der Waals surface area contributed by atoms with E-state index in [1.807, 2.05) is 55.3 Å². The number of hydrogen-bond acceptors (Lipinski definition) is 4. The van der Waals surface area contributed by atoms with Crippen molar-refractivity contribution in [2.45, 2.75) is 44.7 Å². The number of nitrogens with zero attached hydrogens (tertiary/aromatic N) is 2. The first-order valence-corrected chi connectivity index (χ1v) is 11.5. The predicted molar refractivity (Wildman–Crippen MR) is 129 cm³/mol. The van der Waals surface area contributed by atoms with Crippen molar-refractivity contribution in [3.63, 3.8) is 0 Å². The fourth-order valence-corrected chi connectivity index (χ4v) is 4.56. The lowest BCUT2D eigenvalue weighted by atomic mass is 10.0. The van der Waals surface area contributed by atoms with Crippen LogP contribution < -0.4 is 5.32 Å². The van der Waals surface area contributed by atoms with Crippen LogP contribution in [-0.2, 0) is 11.3 Å². The van der Waals surface area contributed by atoms with Gasteiger partial charge in [0.25, 0.3) is 0 Å². The Balaban J connectivity index is 1.40. The third-order valence-electron chi connectivity index (χ3n) is 6.28. The zero-order valence-electron chi connectivity index (χ0n) is 18.5. The van der Waals surface area contributed by atoms with E-state index >= 15 is 0 Å². The highest BCUT2D eigenvalue weighted by atomic mass is 35.5. The number of likely N-dealkylation sites (tertiary alicyclic amines) is 1. The molecule has 5 nitrogen and oxygen atoms in total. The minimum absolute atomic E-state index is 0.0247. The highest BCUT2D eigenvalue weighted by Gasteiger charge is 2.36. The predicted octanol–water partition coefficient (Wildman–Crippen LogP) is 4.54. The fraction of sp³-hybridized carbons (Fsp3) is 0.346. The molecule has 3 aromatic rings. The number of amides is 1. The lowest BCUT2D eigenvalue weighted by Crippen LogP contribution is -2.53. The van der Waals surface area contributed by atoms with Crippen LogP contribution in [0.1, 0.15) is 36.9 Å². The topological polar surface area (TPSA) is 55.8 Å². The van der Waals surface area contributed by atoms with Crippen molar-refractivity contribution in [1.82, 2.24) is 15.1 Å². The summed E-state index contributed by atoms with van der Waals surface area (Å²) in [5.41, 5.74) is 2.13. The molecule has 0 aliphatic carbocycles. The van der Waals surface area contributed by atoms with Gasteiger partial charge in [-0.2, -0.15) is 0 Å². The third kappa shape index (κ3) is 5.13. The van der Waals surface area contributed by atoms with E-state index in [-0.39, 0.29) is 18.0 Å². The van der Waals surface area contributed by atoms with Crippen LogP contribution in [0.25, 0.3) is 10.8 Å². The van der Waals surface area contributed by atoms with E-state index in [4.69, 9.17) is 11.6 Å². The molecule has 0 spiro atoms. The average Bonchev–Trinajstić information content (AvgIpc) is 3.29. The maximum atomic E-state index is 13.2. The second kappa shape index (κ2) is 10.0. The Labute approximate surface area is 194 Å². The number of hydrogen-bond donors (Lipinski definition) is 2. The minimum atomic E-state index is -0.892. The molecule has 0 aromatic heterocycles. The molecule has 0 saturated carbocycles. The van der Waals surface area contributed by atoms with Gasteiger partial charge in [0.15, 0.2) is 6.35 Å². The van der Waals surface area contributed by atoms with Gasteiger partial charge >= 0.3 is 0 Å². The molecule has 0 bridgehead atoms. The maximum absolute atomic E-state index is 13.2. The number of rotatable bonds is 7. The Morgan fingerprint density at radius 3 is 2.62 bits per heavy atom. The molecule has 32 heavy (non-hydrogen) atoms. The highest BCUT2D eigenvalue weighted by molar-refractivity contribution is 6.30. The number of carbonyl (C=O) groups is 1. The molecule has 3 atom stereocenters. The van der Waals surface area contributed by atoms with Crippen molar-refractivity contribution in [2.24, 2.45) is 0 Å². The van der Waals surface area contributed by atoms with E-state index in [1.165, 1.54) is 10.8 Å². The number of nitrogens with one attached hydrogen (secondary N) is 1. The van der Waals surface area contributed by atoms with Crippen LogP contribution in [-0.4, -0.2) is 46.8 Å². The van der Waals surface area contributed by atoms with Crippen LogP contribution in [0, 0.1) is 0 Å². The first-order chi connectivity index (χ1) is 15.4. The maximum Gasteiger partial charge on any atom is 0.240 e. The molecule has 2 N–H and O–H groups in total. The summed E-state index contributed by atoms with van der Waals surface area (Å²) in [6.45, 7) is 3.23. The van der Waals surface area contributed by atoms with E-state index in [0.29, 0.717) is 18.1 Å². The van der Waals surface area contributed by atoms with Crippen molar-refractivity contribution in [1.29, 1.82) is 0 Å². The van der Waals surface area contributed by atoms with Gasteiger partial charge in [0.1, 0.15) is 0 Å². The van der Waals surface area contributed by atoms with E-state index in [2.05, 4.69) is 35.6 Å². The van der Waals surface area contributed by atoms with Gasteiger partial charge in [-0.25, -0.2) is 0 Å². The molecular weight excluding hydrogens is 422 g/mol. The van der Waals surface area contributed by atoms with E-state index in [9.17, 15) is 9.90 Å². The van der Waals surface area contributed by atoms with Crippen molar-refractivity contribution in [3.8, 4) is 0 Å². The van der Waals surface area contributed by atoms with Crippen LogP contribution in [0.3, 0.4) is 0 Å². The molecule has 3 aromatic carbocycles. The van der Waals surface area contributed by atoms with Crippen LogP contribution in [0.5, 0.6) is 0 Å². The molecule has 1 aliphatic heterocycles. The summed E-state index contributed by atoms with van der Waals surface area (Å²) in [6, 6.07) is 21.7. The molecule has 6 heteroatoms. The Kier molecular flexibility index (Phi) is 7.11. The van der Waals surface area contributed by atoms with Gasteiger partial charge in [-0.15, -0.1) is 0 Å². The molecule has 1 saturated heterocycles. The van der Waals surface area contributed by atoms with Crippen LogP contribution in [0.15, 0.2) is 66.7 Å². The van der Waals surface area contributed by atoms with Crippen molar-refractivity contribution in [2.75, 3.05) is 13.6 Å². The SMILES string of the molecule is CC(NC(O)N1CCCC1C(=O)N(C)Cc1ccc(Cl)cc1)c1ccc2ccccc2c1. The zero-order valence-corrected chi connectivity index (χ0v) is 19.3. The monoisotopic (exact) mass is 451 g/mol. The van der Waals surface area contributed by atoms with E-state index in [1.54, 1.807) is 4.90 Å². The largest absolute Gasteiger partial charge is 0.365 e. The summed E-state index contributed by atoms with van der Waals surface area (Å²) in [5.74, 6) is 0.0247. The first-order valence-electron chi connectivity index (χ1n) is 11.1. The fourth-order valence-electron chi connectivity index (χ4n) is 4.44. The molecule has 4 rings (SSSR count). The molecule has 168 valence electrons. The normalized spacial score (nSPS) is 18.6. The molecule has 3 unspecified atom stereocenters. The summed E-state index contributed by atoms with van der Waals surface area (Å²) in [4.78, 5) is 16.8. The Morgan fingerprint density at radius 1 is 1.16 bits per heavy atom. The number of benzene rings is 3. The number of halogens is 1. The van der Waals surface area contributed by atoms with Gasteiger partial charge in [-0.05, 0) is 59.9 Å². The summed E-state index contributed by atoms with van der Waals surface area (Å²) in [7, 11) is 1.81. The van der Waals surface area contributed by atoms with Gasteiger partial charge in [0.2, 0.25) is 5.91 Å². The molecular formula is C26H30ClN3O2. The quantitative estimate of drug-likeness (QED) is 0.518. The molecule has 1 fully saturated rings. The summed E-state index contributed by atoms with van der Waals surface area (Å²) >= 11 is 5.96. The van der Waals surface area contributed by atoms with Crippen molar-refractivity contribution >= 4 is 28.3 Å². The highest BCUT2D eigenvalue weighted by Crippen LogP contribution is 2.24. The Morgan fingerprint density at radius 2 is 1.88 bits per heavy atom. The molecule has 0 radical (unpaired) electrons. The standard InChI is InChI=1S/C26H30ClN3O2/c1-18(21-12-11-20-6-3-4-7-22(20)16-21)28-26(32)30-15-5-8-24(30)25(31)29(2)17-19-9-13-23(27)14-10-19/h3-4,6-7,9-14,16,18,24,26,28,32H,5,8,15,17H2,1-2H3. The second-order valence-electron chi connectivity index (χ2n) is 8.59. The number of aliphatic hydroxyl groups excluding tert-OH is 1. The van der Waals surface area contributed by atoms with Gasteiger partial charge in [-0.1, -0.05) is 60.1 Å². The van der Waals surface area contributed by atoms with Gasteiger partial charge < -0.3 is 10.0 Å². The van der Waals surface area contributed by atoms with Crippen LogP contribution in [0.4, 0.5) is 0 Å². The van der Waals surface area contributed by atoms with Crippen molar-refractivity contribution in [3.05, 3.63) is 82.9 Å². The number of aliphatic hydroxyl groups is 1. The minimum Gasteiger partial charge on any atom is -0.365 e. The van der Waals surface area contributed by atoms with Crippen LogP contribution >= 0.6 is 11.6 Å². The number of carbonyl (C=O) groups excluding carboxylic acids is 1. The zero-order chi connectivity index (χ0) is 22.7. The average molecular weight is 452 g/mol. The lowest BCUT2D eigenvalue weighted by molar-refractivity contribution is -0.140. The second-order valence-corrected chi connectivity index (χ2v) is 9.02. The van der Waals surface area contributed by atoms with E-state index < -0.39 is 6.35 Å². The third-order valence-corrected chi connectivity index (χ3v) is 6.53. The molecule has 1 amide bonds. The first kappa shape index (κ1) is 22.7.